The lowest BCUT2D eigenvalue weighted by atomic mass is 10.1. The molecule has 0 spiro atoms. The summed E-state index contributed by atoms with van der Waals surface area (Å²) in [5, 5.41) is 6.55. The lowest BCUT2D eigenvalue weighted by Gasteiger charge is -2.23. The van der Waals surface area contributed by atoms with Gasteiger partial charge in [0.1, 0.15) is 0 Å². The highest BCUT2D eigenvalue weighted by Gasteiger charge is 2.34. The van der Waals surface area contributed by atoms with Crippen molar-refractivity contribution in [1.29, 1.82) is 0 Å². The summed E-state index contributed by atoms with van der Waals surface area (Å²) in [6.45, 7) is 6.52. The van der Waals surface area contributed by atoms with Crippen LogP contribution in [0.15, 0.2) is 4.99 Å². The summed E-state index contributed by atoms with van der Waals surface area (Å²) < 4.78 is 37.3. The molecule has 2 atom stereocenters. The van der Waals surface area contributed by atoms with E-state index in [4.69, 9.17) is 0 Å². The molecule has 2 aliphatic heterocycles. The van der Waals surface area contributed by atoms with E-state index in [-0.39, 0.29) is 6.04 Å². The Morgan fingerprint density at radius 2 is 1.92 bits per heavy atom. The molecule has 2 saturated heterocycles. The van der Waals surface area contributed by atoms with Crippen molar-refractivity contribution >= 4 is 5.96 Å². The van der Waals surface area contributed by atoms with Gasteiger partial charge in [-0.25, -0.2) is 0 Å². The summed E-state index contributed by atoms with van der Waals surface area (Å²) in [5.74, 6) is 1.19. The van der Waals surface area contributed by atoms with E-state index >= 15 is 0 Å². The van der Waals surface area contributed by atoms with E-state index in [2.05, 4.69) is 27.4 Å². The van der Waals surface area contributed by atoms with Gasteiger partial charge < -0.3 is 15.5 Å². The fraction of sp³-hybridized carbons (Fsp3) is 0.938. The van der Waals surface area contributed by atoms with Crippen molar-refractivity contribution in [3.63, 3.8) is 0 Å². The molecule has 24 heavy (non-hydrogen) atoms. The Hall–Kier alpha value is -1.02. The smallest absolute Gasteiger partial charge is 0.356 e. The van der Waals surface area contributed by atoms with Crippen molar-refractivity contribution in [3.05, 3.63) is 0 Å². The highest BCUT2D eigenvalue weighted by molar-refractivity contribution is 5.80. The molecule has 0 aliphatic carbocycles. The summed E-state index contributed by atoms with van der Waals surface area (Å²) in [6.07, 6.45) is -0.834. The maximum atomic E-state index is 12.4. The number of hydrogen-bond donors (Lipinski definition) is 2. The van der Waals surface area contributed by atoms with Crippen molar-refractivity contribution in [1.82, 2.24) is 20.4 Å². The molecule has 2 fully saturated rings. The standard InChI is InChI=1S/C16H30F3N5/c1-13(10-23-6-3-4-7-23)9-21-15(20-2)22-14-5-8-24(11-14)12-16(17,18)19/h13-14H,3-12H2,1-2H3,(H2,20,21,22). The van der Waals surface area contributed by atoms with Crippen LogP contribution in [0.1, 0.15) is 26.2 Å². The Kier molecular flexibility index (Phi) is 7.16. The van der Waals surface area contributed by atoms with Gasteiger partial charge in [-0.3, -0.25) is 9.89 Å². The topological polar surface area (TPSA) is 42.9 Å². The van der Waals surface area contributed by atoms with Gasteiger partial charge in [-0.05, 0) is 38.3 Å². The minimum Gasteiger partial charge on any atom is -0.356 e. The summed E-state index contributed by atoms with van der Waals surface area (Å²) in [4.78, 5) is 8.12. The molecule has 2 unspecified atom stereocenters. The van der Waals surface area contributed by atoms with Gasteiger partial charge >= 0.3 is 6.18 Å². The molecule has 5 nitrogen and oxygen atoms in total. The lowest BCUT2D eigenvalue weighted by Crippen LogP contribution is -2.46. The summed E-state index contributed by atoms with van der Waals surface area (Å²) >= 11 is 0. The van der Waals surface area contributed by atoms with Gasteiger partial charge in [-0.15, -0.1) is 0 Å². The minimum absolute atomic E-state index is 0.0208. The summed E-state index contributed by atoms with van der Waals surface area (Å²) in [6, 6.07) is 0.0208. The van der Waals surface area contributed by atoms with Crippen LogP contribution in [0.5, 0.6) is 0 Å². The Bertz CT molecular complexity index is 407. The summed E-state index contributed by atoms with van der Waals surface area (Å²) in [7, 11) is 1.70. The zero-order valence-corrected chi connectivity index (χ0v) is 14.7. The van der Waals surface area contributed by atoms with E-state index < -0.39 is 12.7 Å². The van der Waals surface area contributed by atoms with Crippen LogP contribution >= 0.6 is 0 Å². The molecule has 2 heterocycles. The molecule has 0 saturated carbocycles. The molecule has 2 N–H and O–H groups in total. The van der Waals surface area contributed by atoms with Crippen molar-refractivity contribution in [2.75, 3.05) is 52.9 Å². The average molecular weight is 349 g/mol. The van der Waals surface area contributed by atoms with Crippen LogP contribution in [-0.2, 0) is 0 Å². The van der Waals surface area contributed by atoms with Crippen molar-refractivity contribution in [3.8, 4) is 0 Å². The van der Waals surface area contributed by atoms with E-state index in [1.54, 1.807) is 7.05 Å². The first-order valence-electron chi connectivity index (χ1n) is 8.84. The first kappa shape index (κ1) is 19.3. The van der Waals surface area contributed by atoms with Crippen LogP contribution in [0, 0.1) is 5.92 Å². The molecule has 0 radical (unpaired) electrons. The molecule has 8 heteroatoms. The molecular formula is C16H30F3N5. The number of aliphatic imine (C=N–C) groups is 1. The van der Waals surface area contributed by atoms with E-state index in [9.17, 15) is 13.2 Å². The molecular weight excluding hydrogens is 319 g/mol. The number of nitrogens with one attached hydrogen (secondary N) is 2. The average Bonchev–Trinajstić information content (AvgIpc) is 3.13. The maximum Gasteiger partial charge on any atom is 0.401 e. The third-order valence-corrected chi connectivity index (χ3v) is 4.63. The highest BCUT2D eigenvalue weighted by Crippen LogP contribution is 2.19. The monoisotopic (exact) mass is 349 g/mol. The second-order valence-electron chi connectivity index (χ2n) is 7.05. The van der Waals surface area contributed by atoms with Crippen LogP contribution < -0.4 is 10.6 Å². The minimum atomic E-state index is -4.13. The SMILES string of the molecule is CN=C(NCC(C)CN1CCCC1)NC1CCN(CC(F)(F)F)C1. The van der Waals surface area contributed by atoms with E-state index in [0.29, 0.717) is 31.4 Å². The molecule has 2 rings (SSSR count). The van der Waals surface area contributed by atoms with Crippen molar-refractivity contribution in [2.45, 2.75) is 38.4 Å². The lowest BCUT2D eigenvalue weighted by molar-refractivity contribution is -0.143. The van der Waals surface area contributed by atoms with Gasteiger partial charge in [-0.2, -0.15) is 13.2 Å². The summed E-state index contributed by atoms with van der Waals surface area (Å²) in [5.41, 5.74) is 0. The van der Waals surface area contributed by atoms with Gasteiger partial charge in [0, 0.05) is 39.3 Å². The maximum absolute atomic E-state index is 12.4. The predicted octanol–water partition coefficient (Wildman–Crippen LogP) is 1.52. The van der Waals surface area contributed by atoms with Crippen LogP contribution in [0.4, 0.5) is 13.2 Å². The Morgan fingerprint density at radius 3 is 2.54 bits per heavy atom. The second kappa shape index (κ2) is 8.89. The molecule has 0 amide bonds. The molecule has 140 valence electrons. The fourth-order valence-corrected chi connectivity index (χ4v) is 3.48. The Balaban J connectivity index is 1.67. The van der Waals surface area contributed by atoms with Crippen LogP contribution in [0.2, 0.25) is 0 Å². The zero-order chi connectivity index (χ0) is 17.6. The first-order valence-corrected chi connectivity index (χ1v) is 8.84. The van der Waals surface area contributed by atoms with Crippen LogP contribution in [0.3, 0.4) is 0 Å². The molecule has 0 bridgehead atoms. The number of nitrogens with zero attached hydrogens (tertiary/aromatic N) is 3. The van der Waals surface area contributed by atoms with E-state index in [0.717, 1.165) is 13.1 Å². The van der Waals surface area contributed by atoms with E-state index in [1.807, 2.05) is 0 Å². The number of alkyl halides is 3. The van der Waals surface area contributed by atoms with Crippen LogP contribution in [0.25, 0.3) is 0 Å². The molecule has 2 aliphatic rings. The van der Waals surface area contributed by atoms with E-state index in [1.165, 1.54) is 30.8 Å². The number of rotatable bonds is 6. The number of guanidine groups is 1. The second-order valence-corrected chi connectivity index (χ2v) is 7.05. The third-order valence-electron chi connectivity index (χ3n) is 4.63. The first-order chi connectivity index (χ1) is 11.4. The van der Waals surface area contributed by atoms with Gasteiger partial charge in [0.15, 0.2) is 5.96 Å². The number of likely N-dealkylation sites (tertiary alicyclic amines) is 2. The largest absolute Gasteiger partial charge is 0.401 e. The number of hydrogen-bond acceptors (Lipinski definition) is 3. The van der Waals surface area contributed by atoms with Gasteiger partial charge in [0.25, 0.3) is 0 Å². The Labute approximate surface area is 142 Å². The van der Waals surface area contributed by atoms with Crippen molar-refractivity contribution < 1.29 is 13.2 Å². The highest BCUT2D eigenvalue weighted by atomic mass is 19.4. The van der Waals surface area contributed by atoms with Gasteiger partial charge in [0.05, 0.1) is 6.54 Å². The quantitative estimate of drug-likeness (QED) is 0.564. The zero-order valence-electron chi connectivity index (χ0n) is 14.7. The van der Waals surface area contributed by atoms with Gasteiger partial charge in [-0.1, -0.05) is 6.92 Å². The normalized spacial score (nSPS) is 25.2. The molecule has 0 aromatic rings. The van der Waals surface area contributed by atoms with Gasteiger partial charge in [0.2, 0.25) is 0 Å². The fourth-order valence-electron chi connectivity index (χ4n) is 3.48. The number of halogens is 3. The van der Waals surface area contributed by atoms with Crippen molar-refractivity contribution in [2.24, 2.45) is 10.9 Å². The van der Waals surface area contributed by atoms with Crippen LogP contribution in [-0.4, -0.2) is 80.8 Å². The molecule has 0 aromatic carbocycles. The third kappa shape index (κ3) is 6.84. The predicted molar refractivity (Wildman–Crippen MR) is 90.2 cm³/mol. The Morgan fingerprint density at radius 1 is 1.21 bits per heavy atom. The molecule has 0 aromatic heterocycles.